The lowest BCUT2D eigenvalue weighted by Crippen LogP contribution is -2.45. The molecule has 2 nitrogen and oxygen atoms in total. The van der Waals surface area contributed by atoms with Crippen molar-refractivity contribution in [3.05, 3.63) is 34.3 Å². The first-order chi connectivity index (χ1) is 7.24. The molecule has 1 aliphatic heterocycles. The van der Waals surface area contributed by atoms with Crippen molar-refractivity contribution in [3.63, 3.8) is 0 Å². The maximum absolute atomic E-state index is 5.76. The van der Waals surface area contributed by atoms with E-state index in [9.17, 15) is 0 Å². The second-order valence-electron chi connectivity index (χ2n) is 4.10. The lowest BCUT2D eigenvalue weighted by molar-refractivity contribution is 0.00881. The maximum Gasteiger partial charge on any atom is 0.0740 e. The van der Waals surface area contributed by atoms with Crippen molar-refractivity contribution in [1.29, 1.82) is 0 Å². The standard InChI is InChI=1S/C12H16BrNO/c1-9-8-15-12(7-14-9)6-10-3-2-4-11(13)5-10/h2-5,9,12,14H,6-8H2,1H3. The van der Waals surface area contributed by atoms with E-state index in [2.05, 4.69) is 46.4 Å². The molecule has 0 amide bonds. The zero-order valence-electron chi connectivity index (χ0n) is 8.87. The number of hydrogen-bond acceptors (Lipinski definition) is 2. The summed E-state index contributed by atoms with van der Waals surface area (Å²) in [6, 6.07) is 8.90. The van der Waals surface area contributed by atoms with Gasteiger partial charge in [0.1, 0.15) is 0 Å². The topological polar surface area (TPSA) is 21.3 Å². The van der Waals surface area contributed by atoms with Gasteiger partial charge < -0.3 is 10.1 Å². The first-order valence-corrected chi connectivity index (χ1v) is 6.13. The highest BCUT2D eigenvalue weighted by Gasteiger charge is 2.17. The summed E-state index contributed by atoms with van der Waals surface area (Å²) in [7, 11) is 0. The molecule has 2 unspecified atom stereocenters. The average molecular weight is 270 g/mol. The van der Waals surface area contributed by atoms with E-state index in [0.29, 0.717) is 12.1 Å². The van der Waals surface area contributed by atoms with Crippen molar-refractivity contribution in [2.75, 3.05) is 13.2 Å². The predicted octanol–water partition coefficient (Wildman–Crippen LogP) is 2.37. The number of nitrogens with one attached hydrogen (secondary N) is 1. The molecule has 1 saturated heterocycles. The summed E-state index contributed by atoms with van der Waals surface area (Å²) in [4.78, 5) is 0. The third-order valence-electron chi connectivity index (χ3n) is 2.63. The van der Waals surface area contributed by atoms with Crippen LogP contribution >= 0.6 is 15.9 Å². The lowest BCUT2D eigenvalue weighted by atomic mass is 10.1. The Morgan fingerprint density at radius 2 is 2.40 bits per heavy atom. The molecule has 0 radical (unpaired) electrons. The zero-order chi connectivity index (χ0) is 10.7. The van der Waals surface area contributed by atoms with Crippen LogP contribution in [0.4, 0.5) is 0 Å². The molecule has 82 valence electrons. The van der Waals surface area contributed by atoms with Gasteiger partial charge in [-0.15, -0.1) is 0 Å². The maximum atomic E-state index is 5.76. The molecule has 1 fully saturated rings. The first-order valence-electron chi connectivity index (χ1n) is 5.33. The van der Waals surface area contributed by atoms with Crippen LogP contribution in [-0.2, 0) is 11.2 Å². The van der Waals surface area contributed by atoms with E-state index in [0.717, 1.165) is 24.0 Å². The van der Waals surface area contributed by atoms with E-state index in [1.807, 2.05) is 6.07 Å². The average Bonchev–Trinajstić information content (AvgIpc) is 2.22. The lowest BCUT2D eigenvalue weighted by Gasteiger charge is -2.28. The van der Waals surface area contributed by atoms with Gasteiger partial charge in [-0.25, -0.2) is 0 Å². The van der Waals surface area contributed by atoms with Crippen molar-refractivity contribution in [1.82, 2.24) is 5.32 Å². The summed E-state index contributed by atoms with van der Waals surface area (Å²) in [6.07, 6.45) is 1.30. The molecule has 0 spiro atoms. The van der Waals surface area contributed by atoms with Crippen molar-refractivity contribution < 1.29 is 4.74 Å². The molecule has 1 aromatic carbocycles. The van der Waals surface area contributed by atoms with Crippen LogP contribution < -0.4 is 5.32 Å². The molecular weight excluding hydrogens is 254 g/mol. The molecule has 0 saturated carbocycles. The highest BCUT2D eigenvalue weighted by molar-refractivity contribution is 9.10. The van der Waals surface area contributed by atoms with Crippen LogP contribution in [0.1, 0.15) is 12.5 Å². The molecule has 15 heavy (non-hydrogen) atoms. The molecule has 0 bridgehead atoms. The minimum absolute atomic E-state index is 0.315. The minimum atomic E-state index is 0.315. The van der Waals surface area contributed by atoms with Crippen LogP contribution in [0.15, 0.2) is 28.7 Å². The van der Waals surface area contributed by atoms with Gasteiger partial charge in [-0.3, -0.25) is 0 Å². The van der Waals surface area contributed by atoms with Gasteiger partial charge in [0.2, 0.25) is 0 Å². The predicted molar refractivity (Wildman–Crippen MR) is 65.1 cm³/mol. The number of morpholine rings is 1. The van der Waals surface area contributed by atoms with Gasteiger partial charge in [0, 0.05) is 17.1 Å². The van der Waals surface area contributed by atoms with E-state index in [1.54, 1.807) is 0 Å². The number of benzene rings is 1. The summed E-state index contributed by atoms with van der Waals surface area (Å²) in [5.74, 6) is 0. The van der Waals surface area contributed by atoms with Gasteiger partial charge in [0.25, 0.3) is 0 Å². The normalized spacial score (nSPS) is 26.5. The molecule has 1 aliphatic rings. The highest BCUT2D eigenvalue weighted by atomic mass is 79.9. The molecule has 2 atom stereocenters. The van der Waals surface area contributed by atoms with Crippen LogP contribution in [0.25, 0.3) is 0 Å². The Kier molecular flexibility index (Phi) is 3.78. The van der Waals surface area contributed by atoms with Crippen LogP contribution in [0, 0.1) is 0 Å². The summed E-state index contributed by atoms with van der Waals surface area (Å²) >= 11 is 3.48. The Bertz CT molecular complexity index is 321. The fourth-order valence-corrected chi connectivity index (χ4v) is 2.24. The van der Waals surface area contributed by atoms with Gasteiger partial charge in [0.15, 0.2) is 0 Å². The summed E-state index contributed by atoms with van der Waals surface area (Å²) in [6.45, 7) is 3.92. The molecule has 3 heteroatoms. The molecule has 1 heterocycles. The van der Waals surface area contributed by atoms with Crippen molar-refractivity contribution in [2.24, 2.45) is 0 Å². The Hall–Kier alpha value is -0.380. The van der Waals surface area contributed by atoms with Gasteiger partial charge in [-0.1, -0.05) is 28.1 Å². The zero-order valence-corrected chi connectivity index (χ0v) is 10.5. The summed E-state index contributed by atoms with van der Waals surface area (Å²) in [5.41, 5.74) is 1.32. The first kappa shape index (κ1) is 11.1. The molecule has 0 aliphatic carbocycles. The summed E-state index contributed by atoms with van der Waals surface area (Å²) < 4.78 is 6.89. The largest absolute Gasteiger partial charge is 0.375 e. The second-order valence-corrected chi connectivity index (χ2v) is 5.01. The van der Waals surface area contributed by atoms with Gasteiger partial charge >= 0.3 is 0 Å². The minimum Gasteiger partial charge on any atom is -0.375 e. The van der Waals surface area contributed by atoms with Crippen LogP contribution in [0.5, 0.6) is 0 Å². The molecule has 1 N–H and O–H groups in total. The SMILES string of the molecule is CC1COC(Cc2cccc(Br)c2)CN1. The van der Waals surface area contributed by atoms with Gasteiger partial charge in [-0.2, -0.15) is 0 Å². The van der Waals surface area contributed by atoms with E-state index in [4.69, 9.17) is 4.74 Å². The van der Waals surface area contributed by atoms with Gasteiger partial charge in [0.05, 0.1) is 12.7 Å². The Labute approximate surface area is 99.1 Å². The second kappa shape index (κ2) is 5.10. The Balaban J connectivity index is 1.92. The van der Waals surface area contributed by atoms with E-state index < -0.39 is 0 Å². The van der Waals surface area contributed by atoms with E-state index >= 15 is 0 Å². The fourth-order valence-electron chi connectivity index (χ4n) is 1.79. The number of hydrogen-bond donors (Lipinski definition) is 1. The van der Waals surface area contributed by atoms with E-state index in [-0.39, 0.29) is 0 Å². The molecule has 1 aromatic rings. The van der Waals surface area contributed by atoms with Gasteiger partial charge in [-0.05, 0) is 31.0 Å². The number of halogens is 1. The van der Waals surface area contributed by atoms with Crippen LogP contribution in [-0.4, -0.2) is 25.3 Å². The van der Waals surface area contributed by atoms with Crippen molar-refractivity contribution in [2.45, 2.75) is 25.5 Å². The van der Waals surface area contributed by atoms with Crippen molar-refractivity contribution >= 4 is 15.9 Å². The summed E-state index contributed by atoms with van der Waals surface area (Å²) in [5, 5.41) is 3.43. The molecular formula is C12H16BrNO. The fraction of sp³-hybridized carbons (Fsp3) is 0.500. The number of rotatable bonds is 2. The quantitative estimate of drug-likeness (QED) is 0.890. The van der Waals surface area contributed by atoms with E-state index in [1.165, 1.54) is 5.56 Å². The molecule has 2 rings (SSSR count). The van der Waals surface area contributed by atoms with Crippen LogP contribution in [0.2, 0.25) is 0 Å². The molecule has 0 aromatic heterocycles. The Morgan fingerprint density at radius 1 is 1.53 bits per heavy atom. The highest BCUT2D eigenvalue weighted by Crippen LogP contribution is 2.15. The third kappa shape index (κ3) is 3.30. The number of ether oxygens (including phenoxy) is 1. The van der Waals surface area contributed by atoms with Crippen LogP contribution in [0.3, 0.4) is 0 Å². The smallest absolute Gasteiger partial charge is 0.0740 e. The monoisotopic (exact) mass is 269 g/mol. The Morgan fingerprint density at radius 3 is 3.07 bits per heavy atom. The third-order valence-corrected chi connectivity index (χ3v) is 3.12. The van der Waals surface area contributed by atoms with Crippen molar-refractivity contribution in [3.8, 4) is 0 Å².